The van der Waals surface area contributed by atoms with Crippen LogP contribution in [0.3, 0.4) is 0 Å². The summed E-state index contributed by atoms with van der Waals surface area (Å²) in [4.78, 5) is 11.9. The molecular weight excluding hydrogens is 202 g/mol. The smallest absolute Gasteiger partial charge is 0.223 e. The average Bonchev–Trinajstić information content (AvgIpc) is 2.88. The number of hydrogen-bond acceptors (Lipinski definition) is 2. The molecule has 16 heavy (non-hydrogen) atoms. The molecule has 3 heteroatoms. The first-order chi connectivity index (χ1) is 7.70. The zero-order valence-electron chi connectivity index (χ0n) is 10.1. The molecule has 0 aliphatic heterocycles. The highest BCUT2D eigenvalue weighted by molar-refractivity contribution is 5.79. The molecule has 2 bridgehead atoms. The predicted octanol–water partition coefficient (Wildman–Crippen LogP) is 1.70. The normalized spacial score (nSPS) is 34.0. The van der Waals surface area contributed by atoms with Gasteiger partial charge >= 0.3 is 0 Å². The van der Waals surface area contributed by atoms with Crippen LogP contribution in [-0.4, -0.2) is 23.7 Å². The van der Waals surface area contributed by atoms with Crippen molar-refractivity contribution in [3.8, 4) is 0 Å². The standard InChI is InChI=1S/C13H23NO2/c1-2-3-11(15)8-14-13(16)12-7-9-4-5-10(12)6-9/h9-12,15H,2-8H2,1H3,(H,14,16). The number of aliphatic hydroxyl groups excluding tert-OH is 1. The molecule has 1 amide bonds. The van der Waals surface area contributed by atoms with Crippen molar-refractivity contribution in [3.05, 3.63) is 0 Å². The third kappa shape index (κ3) is 2.57. The summed E-state index contributed by atoms with van der Waals surface area (Å²) in [6.07, 6.45) is 6.28. The molecule has 0 heterocycles. The summed E-state index contributed by atoms with van der Waals surface area (Å²) < 4.78 is 0. The number of nitrogens with one attached hydrogen (secondary N) is 1. The predicted molar refractivity (Wildman–Crippen MR) is 62.9 cm³/mol. The second-order valence-electron chi connectivity index (χ2n) is 5.47. The van der Waals surface area contributed by atoms with Crippen LogP contribution in [0, 0.1) is 17.8 Å². The van der Waals surface area contributed by atoms with E-state index in [1.54, 1.807) is 0 Å². The Bertz CT molecular complexity index is 254. The fourth-order valence-electron chi connectivity index (χ4n) is 3.35. The van der Waals surface area contributed by atoms with Gasteiger partial charge in [0, 0.05) is 12.5 Å². The van der Waals surface area contributed by atoms with E-state index < -0.39 is 0 Å². The average molecular weight is 225 g/mol. The van der Waals surface area contributed by atoms with Gasteiger partial charge in [0.25, 0.3) is 0 Å². The molecule has 0 spiro atoms. The quantitative estimate of drug-likeness (QED) is 0.748. The van der Waals surface area contributed by atoms with Crippen LogP contribution in [-0.2, 0) is 4.79 Å². The molecule has 2 aliphatic rings. The molecule has 3 nitrogen and oxygen atoms in total. The number of carbonyl (C=O) groups is 1. The largest absolute Gasteiger partial charge is 0.391 e. The number of hydrogen-bond donors (Lipinski definition) is 2. The van der Waals surface area contributed by atoms with Crippen LogP contribution in [0.5, 0.6) is 0 Å². The Labute approximate surface area is 97.6 Å². The number of carbonyl (C=O) groups excluding carboxylic acids is 1. The molecule has 92 valence electrons. The highest BCUT2D eigenvalue weighted by atomic mass is 16.3. The summed E-state index contributed by atoms with van der Waals surface area (Å²) in [6, 6.07) is 0. The van der Waals surface area contributed by atoms with Crippen molar-refractivity contribution in [2.45, 2.75) is 51.6 Å². The summed E-state index contributed by atoms with van der Waals surface area (Å²) in [5.41, 5.74) is 0. The second kappa shape index (κ2) is 5.17. The summed E-state index contributed by atoms with van der Waals surface area (Å²) in [5, 5.41) is 12.5. The molecule has 2 aliphatic carbocycles. The number of rotatable bonds is 5. The Balaban J connectivity index is 1.72. The van der Waals surface area contributed by atoms with Crippen LogP contribution in [0.15, 0.2) is 0 Å². The molecule has 2 N–H and O–H groups in total. The van der Waals surface area contributed by atoms with Crippen LogP contribution in [0.1, 0.15) is 45.4 Å². The summed E-state index contributed by atoms with van der Waals surface area (Å²) in [6.45, 7) is 2.47. The van der Waals surface area contributed by atoms with E-state index in [0.717, 1.165) is 25.2 Å². The van der Waals surface area contributed by atoms with E-state index in [0.29, 0.717) is 12.5 Å². The van der Waals surface area contributed by atoms with E-state index in [2.05, 4.69) is 5.32 Å². The second-order valence-corrected chi connectivity index (χ2v) is 5.47. The number of fused-ring (bicyclic) bond motifs is 2. The van der Waals surface area contributed by atoms with Gasteiger partial charge in [-0.05, 0) is 37.5 Å². The molecule has 2 saturated carbocycles. The minimum absolute atomic E-state index is 0.183. The van der Waals surface area contributed by atoms with Gasteiger partial charge < -0.3 is 10.4 Å². The highest BCUT2D eigenvalue weighted by Gasteiger charge is 2.42. The summed E-state index contributed by atoms with van der Waals surface area (Å²) in [5.74, 6) is 1.87. The molecule has 0 radical (unpaired) electrons. The first kappa shape index (κ1) is 11.9. The minimum Gasteiger partial charge on any atom is -0.391 e. The number of amides is 1. The first-order valence-electron chi connectivity index (χ1n) is 6.66. The maximum atomic E-state index is 11.9. The van der Waals surface area contributed by atoms with E-state index in [1.807, 2.05) is 6.92 Å². The van der Waals surface area contributed by atoms with E-state index in [4.69, 9.17) is 0 Å². The Morgan fingerprint density at radius 1 is 1.44 bits per heavy atom. The van der Waals surface area contributed by atoms with Crippen LogP contribution in [0.2, 0.25) is 0 Å². The van der Waals surface area contributed by atoms with Gasteiger partial charge in [0.05, 0.1) is 6.10 Å². The maximum absolute atomic E-state index is 11.9. The lowest BCUT2D eigenvalue weighted by Gasteiger charge is -2.21. The van der Waals surface area contributed by atoms with Gasteiger partial charge in [0.15, 0.2) is 0 Å². The summed E-state index contributed by atoms with van der Waals surface area (Å²) in [7, 11) is 0. The van der Waals surface area contributed by atoms with Crippen LogP contribution in [0.4, 0.5) is 0 Å². The highest BCUT2D eigenvalue weighted by Crippen LogP contribution is 2.48. The minimum atomic E-state index is -0.368. The fraction of sp³-hybridized carbons (Fsp3) is 0.923. The Morgan fingerprint density at radius 3 is 2.81 bits per heavy atom. The zero-order chi connectivity index (χ0) is 11.5. The van der Waals surface area contributed by atoms with Crippen LogP contribution in [0.25, 0.3) is 0 Å². The van der Waals surface area contributed by atoms with Crippen LogP contribution >= 0.6 is 0 Å². The van der Waals surface area contributed by atoms with Crippen molar-refractivity contribution in [2.75, 3.05) is 6.54 Å². The van der Waals surface area contributed by atoms with Gasteiger partial charge in [-0.3, -0.25) is 4.79 Å². The Hall–Kier alpha value is -0.570. The molecular formula is C13H23NO2. The summed E-state index contributed by atoms with van der Waals surface area (Å²) >= 11 is 0. The third-order valence-electron chi connectivity index (χ3n) is 4.21. The molecule has 0 aromatic carbocycles. The van der Waals surface area contributed by atoms with Gasteiger partial charge in [-0.1, -0.05) is 19.8 Å². The van der Waals surface area contributed by atoms with Crippen molar-refractivity contribution >= 4 is 5.91 Å². The molecule has 4 atom stereocenters. The maximum Gasteiger partial charge on any atom is 0.223 e. The monoisotopic (exact) mass is 225 g/mol. The van der Waals surface area contributed by atoms with E-state index in [1.165, 1.54) is 19.3 Å². The van der Waals surface area contributed by atoms with Gasteiger partial charge in [0.2, 0.25) is 5.91 Å². The SMILES string of the molecule is CCCC(O)CNC(=O)C1CC2CCC1C2. The molecule has 2 fully saturated rings. The van der Waals surface area contributed by atoms with Crippen molar-refractivity contribution < 1.29 is 9.90 Å². The van der Waals surface area contributed by atoms with E-state index in [-0.39, 0.29) is 17.9 Å². The Kier molecular flexibility index (Phi) is 3.85. The topological polar surface area (TPSA) is 49.3 Å². The lowest BCUT2D eigenvalue weighted by molar-refractivity contribution is -0.127. The van der Waals surface area contributed by atoms with E-state index in [9.17, 15) is 9.90 Å². The Morgan fingerprint density at radius 2 is 2.25 bits per heavy atom. The first-order valence-corrected chi connectivity index (χ1v) is 6.66. The van der Waals surface area contributed by atoms with Crippen molar-refractivity contribution in [1.29, 1.82) is 0 Å². The van der Waals surface area contributed by atoms with Crippen molar-refractivity contribution in [2.24, 2.45) is 17.8 Å². The van der Waals surface area contributed by atoms with Gasteiger partial charge in [-0.2, -0.15) is 0 Å². The number of aliphatic hydroxyl groups is 1. The molecule has 0 aromatic heterocycles. The van der Waals surface area contributed by atoms with Gasteiger partial charge in [0.1, 0.15) is 0 Å². The molecule has 2 rings (SSSR count). The van der Waals surface area contributed by atoms with Crippen molar-refractivity contribution in [1.82, 2.24) is 5.32 Å². The lowest BCUT2D eigenvalue weighted by atomic mass is 9.88. The fourth-order valence-corrected chi connectivity index (χ4v) is 3.35. The zero-order valence-corrected chi connectivity index (χ0v) is 10.1. The third-order valence-corrected chi connectivity index (χ3v) is 4.21. The van der Waals surface area contributed by atoms with Crippen LogP contribution < -0.4 is 5.32 Å². The van der Waals surface area contributed by atoms with Gasteiger partial charge in [-0.25, -0.2) is 0 Å². The lowest BCUT2D eigenvalue weighted by Crippen LogP contribution is -2.38. The van der Waals surface area contributed by atoms with Crippen molar-refractivity contribution in [3.63, 3.8) is 0 Å². The van der Waals surface area contributed by atoms with E-state index >= 15 is 0 Å². The molecule has 4 unspecified atom stereocenters. The van der Waals surface area contributed by atoms with Gasteiger partial charge in [-0.15, -0.1) is 0 Å². The molecule has 0 aromatic rings. The molecule has 0 saturated heterocycles.